The van der Waals surface area contributed by atoms with E-state index >= 15 is 0 Å². The van der Waals surface area contributed by atoms with E-state index in [2.05, 4.69) is 11.9 Å². The van der Waals surface area contributed by atoms with Crippen LogP contribution in [0.2, 0.25) is 0 Å². The maximum Gasteiger partial charge on any atom is 0.0840 e. The molecule has 0 bridgehead atoms. The molecule has 3 N–H and O–H groups in total. The maximum atomic E-state index is 9.92. The van der Waals surface area contributed by atoms with Crippen LogP contribution in [0.25, 0.3) is 10.9 Å². The molecule has 1 heterocycles. The summed E-state index contributed by atoms with van der Waals surface area (Å²) in [5.74, 6) is 0.00106. The summed E-state index contributed by atoms with van der Waals surface area (Å²) in [6.45, 7) is 1.90. The molecule has 0 saturated carbocycles. The molecule has 0 radical (unpaired) electrons. The third-order valence-corrected chi connectivity index (χ3v) is 3.27. The Kier molecular flexibility index (Phi) is 3.82. The van der Waals surface area contributed by atoms with Crippen molar-refractivity contribution in [2.75, 3.05) is 6.61 Å². The summed E-state index contributed by atoms with van der Waals surface area (Å²) in [6, 6.07) is 8.05. The predicted molar refractivity (Wildman–Crippen MR) is 69.0 cm³/mol. The minimum Gasteiger partial charge on any atom is -0.394 e. The topological polar surface area (TPSA) is 56.2 Å². The van der Waals surface area contributed by atoms with Crippen LogP contribution in [0, 0.1) is 0 Å². The van der Waals surface area contributed by atoms with Gasteiger partial charge in [0.2, 0.25) is 0 Å². The number of fused-ring (bicyclic) bond motifs is 1. The van der Waals surface area contributed by atoms with Crippen molar-refractivity contribution in [3.05, 3.63) is 36.0 Å². The monoisotopic (exact) mass is 233 g/mol. The number of H-pyrrole nitrogens is 1. The third-order valence-electron chi connectivity index (χ3n) is 3.27. The summed E-state index contributed by atoms with van der Waals surface area (Å²) in [5, 5.41) is 20.2. The number of para-hydroxylation sites is 1. The van der Waals surface area contributed by atoms with Crippen molar-refractivity contribution in [3.63, 3.8) is 0 Å². The van der Waals surface area contributed by atoms with Crippen molar-refractivity contribution in [2.45, 2.75) is 31.8 Å². The van der Waals surface area contributed by atoms with Crippen LogP contribution in [0.15, 0.2) is 30.5 Å². The number of aromatic nitrogens is 1. The van der Waals surface area contributed by atoms with Gasteiger partial charge in [-0.25, -0.2) is 0 Å². The second kappa shape index (κ2) is 5.34. The van der Waals surface area contributed by atoms with Crippen LogP contribution >= 0.6 is 0 Å². The molecule has 1 aromatic carbocycles. The summed E-state index contributed by atoms with van der Waals surface area (Å²) < 4.78 is 0. The summed E-state index contributed by atoms with van der Waals surface area (Å²) in [5.41, 5.74) is 2.18. The van der Waals surface area contributed by atoms with E-state index < -0.39 is 6.10 Å². The molecule has 0 amide bonds. The third kappa shape index (κ3) is 2.35. The first-order valence-electron chi connectivity index (χ1n) is 6.12. The van der Waals surface area contributed by atoms with E-state index in [0.717, 1.165) is 29.3 Å². The van der Waals surface area contributed by atoms with Gasteiger partial charge in [0, 0.05) is 23.0 Å². The van der Waals surface area contributed by atoms with Gasteiger partial charge in [-0.05, 0) is 18.1 Å². The Bertz CT molecular complexity index is 478. The van der Waals surface area contributed by atoms with E-state index in [9.17, 15) is 5.11 Å². The molecule has 0 unspecified atom stereocenters. The highest BCUT2D eigenvalue weighted by atomic mass is 16.3. The molecule has 1 aromatic heterocycles. The van der Waals surface area contributed by atoms with E-state index in [0.29, 0.717) is 0 Å². The SMILES string of the molecule is CCC[C@@H](c1c[nH]c2ccccc12)[C@@H](O)CO. The number of aliphatic hydroxyl groups excluding tert-OH is 2. The Morgan fingerprint density at radius 2 is 2.06 bits per heavy atom. The molecular formula is C14H19NO2. The van der Waals surface area contributed by atoms with Crippen LogP contribution in [-0.2, 0) is 0 Å². The lowest BCUT2D eigenvalue weighted by atomic mass is 9.89. The molecule has 2 atom stereocenters. The Hall–Kier alpha value is -1.32. The number of hydrogen-bond acceptors (Lipinski definition) is 2. The molecule has 17 heavy (non-hydrogen) atoms. The van der Waals surface area contributed by atoms with Crippen LogP contribution in [0.4, 0.5) is 0 Å². The lowest BCUT2D eigenvalue weighted by molar-refractivity contribution is 0.0701. The zero-order valence-corrected chi connectivity index (χ0v) is 10.1. The zero-order chi connectivity index (χ0) is 12.3. The van der Waals surface area contributed by atoms with E-state index in [4.69, 9.17) is 5.11 Å². The van der Waals surface area contributed by atoms with Gasteiger partial charge in [0.25, 0.3) is 0 Å². The minimum absolute atomic E-state index is 0.00106. The molecular weight excluding hydrogens is 214 g/mol. The molecule has 0 saturated heterocycles. The van der Waals surface area contributed by atoms with Gasteiger partial charge >= 0.3 is 0 Å². The van der Waals surface area contributed by atoms with Crippen LogP contribution in [0.3, 0.4) is 0 Å². The Morgan fingerprint density at radius 3 is 2.76 bits per heavy atom. The summed E-state index contributed by atoms with van der Waals surface area (Å²) in [7, 11) is 0. The summed E-state index contributed by atoms with van der Waals surface area (Å²) >= 11 is 0. The predicted octanol–water partition coefficient (Wildman–Crippen LogP) is 2.40. The van der Waals surface area contributed by atoms with Gasteiger partial charge in [-0.3, -0.25) is 0 Å². The smallest absolute Gasteiger partial charge is 0.0840 e. The highest BCUT2D eigenvalue weighted by Gasteiger charge is 2.22. The molecule has 0 aliphatic heterocycles. The number of aromatic amines is 1. The molecule has 0 aliphatic carbocycles. The van der Waals surface area contributed by atoms with Crippen LogP contribution < -0.4 is 0 Å². The van der Waals surface area contributed by atoms with Crippen molar-refractivity contribution in [2.24, 2.45) is 0 Å². The lowest BCUT2D eigenvalue weighted by Crippen LogP contribution is -2.22. The van der Waals surface area contributed by atoms with Crippen molar-refractivity contribution in [3.8, 4) is 0 Å². The first-order chi connectivity index (χ1) is 8.27. The number of nitrogens with one attached hydrogen (secondary N) is 1. The Morgan fingerprint density at radius 1 is 1.29 bits per heavy atom. The molecule has 3 heteroatoms. The number of hydrogen-bond donors (Lipinski definition) is 3. The molecule has 2 rings (SSSR count). The molecule has 0 fully saturated rings. The van der Waals surface area contributed by atoms with Gasteiger partial charge in [0.1, 0.15) is 0 Å². The van der Waals surface area contributed by atoms with E-state index in [-0.39, 0.29) is 12.5 Å². The van der Waals surface area contributed by atoms with Crippen LogP contribution in [-0.4, -0.2) is 27.9 Å². The average molecular weight is 233 g/mol. The summed E-state index contributed by atoms with van der Waals surface area (Å²) in [6.07, 6.45) is 3.13. The van der Waals surface area contributed by atoms with Gasteiger partial charge in [0.15, 0.2) is 0 Å². The molecule has 0 aliphatic rings. The Balaban J connectivity index is 2.41. The molecule has 2 aromatic rings. The van der Waals surface area contributed by atoms with Crippen molar-refractivity contribution in [1.29, 1.82) is 0 Å². The van der Waals surface area contributed by atoms with Crippen molar-refractivity contribution in [1.82, 2.24) is 4.98 Å². The molecule has 3 nitrogen and oxygen atoms in total. The van der Waals surface area contributed by atoms with Crippen LogP contribution in [0.1, 0.15) is 31.2 Å². The number of rotatable bonds is 5. The number of aliphatic hydroxyl groups is 2. The van der Waals surface area contributed by atoms with Gasteiger partial charge in [0.05, 0.1) is 12.7 Å². The lowest BCUT2D eigenvalue weighted by Gasteiger charge is -2.20. The fourth-order valence-corrected chi connectivity index (χ4v) is 2.39. The molecule has 0 spiro atoms. The molecule has 92 valence electrons. The average Bonchev–Trinajstić information content (AvgIpc) is 2.79. The normalized spacial score (nSPS) is 15.0. The van der Waals surface area contributed by atoms with Crippen molar-refractivity contribution >= 4 is 10.9 Å². The Labute approximate surface area is 101 Å². The van der Waals surface area contributed by atoms with Crippen LogP contribution in [0.5, 0.6) is 0 Å². The maximum absolute atomic E-state index is 9.92. The zero-order valence-electron chi connectivity index (χ0n) is 10.1. The summed E-state index contributed by atoms with van der Waals surface area (Å²) in [4.78, 5) is 3.21. The van der Waals surface area contributed by atoms with Gasteiger partial charge in [-0.2, -0.15) is 0 Å². The fourth-order valence-electron chi connectivity index (χ4n) is 2.39. The number of benzene rings is 1. The highest BCUT2D eigenvalue weighted by molar-refractivity contribution is 5.83. The second-order valence-corrected chi connectivity index (χ2v) is 4.43. The van der Waals surface area contributed by atoms with E-state index in [1.165, 1.54) is 0 Å². The van der Waals surface area contributed by atoms with E-state index in [1.54, 1.807) is 0 Å². The van der Waals surface area contributed by atoms with Gasteiger partial charge < -0.3 is 15.2 Å². The van der Waals surface area contributed by atoms with Gasteiger partial charge in [-0.15, -0.1) is 0 Å². The first kappa shape index (κ1) is 12.1. The standard InChI is InChI=1S/C14H19NO2/c1-2-5-11(14(17)9-16)12-8-15-13-7-4-3-6-10(12)13/h3-4,6-8,11,14-17H,2,5,9H2,1H3/t11-,14-/m0/s1. The van der Waals surface area contributed by atoms with Crippen molar-refractivity contribution < 1.29 is 10.2 Å². The van der Waals surface area contributed by atoms with Gasteiger partial charge in [-0.1, -0.05) is 31.5 Å². The quantitative estimate of drug-likeness (QED) is 0.742. The second-order valence-electron chi connectivity index (χ2n) is 4.43. The largest absolute Gasteiger partial charge is 0.394 e. The minimum atomic E-state index is -0.686. The van der Waals surface area contributed by atoms with E-state index in [1.807, 2.05) is 30.5 Å². The fraction of sp³-hybridized carbons (Fsp3) is 0.429. The highest BCUT2D eigenvalue weighted by Crippen LogP contribution is 2.31. The first-order valence-corrected chi connectivity index (χ1v) is 6.12.